The Labute approximate surface area is 121 Å². The number of likely N-dealkylation sites (tertiary alicyclic amines) is 1. The van der Waals surface area contributed by atoms with Crippen LogP contribution in [-0.2, 0) is 4.79 Å². The van der Waals surface area contributed by atoms with Crippen LogP contribution in [0.4, 0.5) is 0 Å². The van der Waals surface area contributed by atoms with Crippen molar-refractivity contribution >= 4 is 11.7 Å². The predicted octanol–water partition coefficient (Wildman–Crippen LogP) is 2.33. The van der Waals surface area contributed by atoms with Crippen LogP contribution in [0, 0.1) is 11.3 Å². The normalized spacial score (nSPS) is 24.1. The van der Waals surface area contributed by atoms with Gasteiger partial charge in [0.1, 0.15) is 5.41 Å². The summed E-state index contributed by atoms with van der Waals surface area (Å²) in [5.41, 5.74) is 5.12. The fourth-order valence-electron chi connectivity index (χ4n) is 3.79. The highest BCUT2D eigenvalue weighted by molar-refractivity contribution is 6.07. The Bertz CT molecular complexity index is 367. The van der Waals surface area contributed by atoms with Crippen LogP contribution in [0.3, 0.4) is 0 Å². The molecule has 20 heavy (non-hydrogen) atoms. The van der Waals surface area contributed by atoms with Crippen molar-refractivity contribution in [1.29, 1.82) is 0 Å². The number of amides is 1. The van der Waals surface area contributed by atoms with Crippen molar-refractivity contribution in [3.63, 3.8) is 0 Å². The highest BCUT2D eigenvalue weighted by atomic mass is 16.4. The first-order chi connectivity index (χ1) is 9.64. The molecule has 5 nitrogen and oxygen atoms in total. The molecule has 0 radical (unpaired) electrons. The molecule has 0 bridgehead atoms. The standard InChI is InChI=1S/C15H27N3O2/c1-2-5-12-6-10-18(11-7-12)14(19)15(13(16)17-20)8-3-4-9-15/h12,20H,2-11H2,1H3,(H2,16,17). The van der Waals surface area contributed by atoms with Gasteiger partial charge in [0.25, 0.3) is 0 Å². The Morgan fingerprint density at radius 2 is 1.95 bits per heavy atom. The third-order valence-corrected chi connectivity index (χ3v) is 5.06. The van der Waals surface area contributed by atoms with E-state index in [-0.39, 0.29) is 11.7 Å². The van der Waals surface area contributed by atoms with Crippen LogP contribution in [0.15, 0.2) is 5.16 Å². The van der Waals surface area contributed by atoms with Crippen molar-refractivity contribution in [3.05, 3.63) is 0 Å². The van der Waals surface area contributed by atoms with Gasteiger partial charge in [-0.15, -0.1) is 0 Å². The van der Waals surface area contributed by atoms with Gasteiger partial charge in [0.2, 0.25) is 5.91 Å². The first kappa shape index (κ1) is 15.1. The van der Waals surface area contributed by atoms with E-state index in [1.165, 1.54) is 12.8 Å². The monoisotopic (exact) mass is 281 g/mol. The van der Waals surface area contributed by atoms with Gasteiger partial charge in [-0.1, -0.05) is 37.8 Å². The second kappa shape index (κ2) is 6.46. The molecule has 2 rings (SSSR count). The van der Waals surface area contributed by atoms with Gasteiger partial charge in [-0.25, -0.2) is 0 Å². The lowest BCUT2D eigenvalue weighted by atomic mass is 9.82. The number of carbonyl (C=O) groups excluding carboxylic acids is 1. The molecule has 1 aliphatic carbocycles. The Kier molecular flexibility index (Phi) is 4.89. The molecule has 1 aliphatic heterocycles. The van der Waals surface area contributed by atoms with Crippen LogP contribution in [0.1, 0.15) is 58.3 Å². The average molecular weight is 281 g/mol. The minimum absolute atomic E-state index is 0.0836. The van der Waals surface area contributed by atoms with Crippen molar-refractivity contribution < 1.29 is 10.0 Å². The molecule has 0 aromatic rings. The van der Waals surface area contributed by atoms with E-state index >= 15 is 0 Å². The molecule has 0 aromatic heterocycles. The number of oxime groups is 1. The molecule has 114 valence electrons. The summed E-state index contributed by atoms with van der Waals surface area (Å²) in [5, 5.41) is 12.2. The molecule has 3 N–H and O–H groups in total. The zero-order valence-electron chi connectivity index (χ0n) is 12.5. The van der Waals surface area contributed by atoms with Crippen LogP contribution < -0.4 is 5.73 Å². The third-order valence-electron chi connectivity index (χ3n) is 5.06. The number of nitrogens with zero attached hydrogens (tertiary/aromatic N) is 2. The zero-order valence-corrected chi connectivity index (χ0v) is 12.5. The number of amidine groups is 1. The van der Waals surface area contributed by atoms with Gasteiger partial charge >= 0.3 is 0 Å². The first-order valence-corrected chi connectivity index (χ1v) is 7.91. The minimum atomic E-state index is -0.730. The Morgan fingerprint density at radius 3 is 2.45 bits per heavy atom. The summed E-state index contributed by atoms with van der Waals surface area (Å²) in [4.78, 5) is 14.8. The highest BCUT2D eigenvalue weighted by Crippen LogP contribution is 2.40. The summed E-state index contributed by atoms with van der Waals surface area (Å²) < 4.78 is 0. The van der Waals surface area contributed by atoms with Crippen molar-refractivity contribution in [3.8, 4) is 0 Å². The van der Waals surface area contributed by atoms with Crippen LogP contribution in [0.5, 0.6) is 0 Å². The Hall–Kier alpha value is -1.26. The molecule has 1 saturated heterocycles. The first-order valence-electron chi connectivity index (χ1n) is 7.91. The summed E-state index contributed by atoms with van der Waals surface area (Å²) in [7, 11) is 0. The molecule has 1 amide bonds. The second-order valence-electron chi connectivity index (χ2n) is 6.30. The molecule has 0 atom stereocenters. The zero-order chi connectivity index (χ0) is 14.6. The molecule has 1 saturated carbocycles. The van der Waals surface area contributed by atoms with Gasteiger partial charge in [-0.2, -0.15) is 0 Å². The van der Waals surface area contributed by atoms with E-state index in [1.54, 1.807) is 0 Å². The maximum Gasteiger partial charge on any atom is 0.236 e. The van der Waals surface area contributed by atoms with Gasteiger partial charge in [0.15, 0.2) is 5.84 Å². The molecule has 0 unspecified atom stereocenters. The lowest BCUT2D eigenvalue weighted by molar-refractivity contribution is -0.139. The van der Waals surface area contributed by atoms with Crippen molar-refractivity contribution in [2.24, 2.45) is 22.2 Å². The molecule has 2 aliphatic rings. The van der Waals surface area contributed by atoms with E-state index in [4.69, 9.17) is 10.9 Å². The van der Waals surface area contributed by atoms with Crippen molar-refractivity contribution in [2.45, 2.75) is 58.3 Å². The maximum absolute atomic E-state index is 12.8. The van der Waals surface area contributed by atoms with Crippen LogP contribution in [0.2, 0.25) is 0 Å². The Morgan fingerprint density at radius 1 is 1.35 bits per heavy atom. The number of rotatable bonds is 4. The van der Waals surface area contributed by atoms with Gasteiger partial charge in [0.05, 0.1) is 0 Å². The highest BCUT2D eigenvalue weighted by Gasteiger charge is 2.47. The van der Waals surface area contributed by atoms with Crippen LogP contribution in [0.25, 0.3) is 0 Å². The van der Waals surface area contributed by atoms with E-state index < -0.39 is 5.41 Å². The van der Waals surface area contributed by atoms with E-state index in [1.807, 2.05) is 4.90 Å². The largest absolute Gasteiger partial charge is 0.409 e. The quantitative estimate of drug-likeness (QED) is 0.359. The average Bonchev–Trinajstić information content (AvgIpc) is 2.97. The Balaban J connectivity index is 2.03. The number of piperidine rings is 1. The SMILES string of the molecule is CCCC1CCN(C(=O)C2(C(N)=NO)CCCC2)CC1. The fraction of sp³-hybridized carbons (Fsp3) is 0.867. The minimum Gasteiger partial charge on any atom is -0.409 e. The summed E-state index contributed by atoms with van der Waals surface area (Å²) in [6.07, 6.45) is 8.05. The fourth-order valence-corrected chi connectivity index (χ4v) is 3.79. The molecule has 0 aromatic carbocycles. The lowest BCUT2D eigenvalue weighted by Gasteiger charge is -2.37. The summed E-state index contributed by atoms with van der Waals surface area (Å²) >= 11 is 0. The summed E-state index contributed by atoms with van der Waals surface area (Å²) in [5.74, 6) is 0.948. The predicted molar refractivity (Wildman–Crippen MR) is 78.5 cm³/mol. The smallest absolute Gasteiger partial charge is 0.236 e. The van der Waals surface area contributed by atoms with Crippen LogP contribution >= 0.6 is 0 Å². The number of carbonyl (C=O) groups is 1. The molecule has 2 fully saturated rings. The maximum atomic E-state index is 12.8. The lowest BCUT2D eigenvalue weighted by Crippen LogP contribution is -2.52. The van der Waals surface area contributed by atoms with Crippen molar-refractivity contribution in [1.82, 2.24) is 4.90 Å². The van der Waals surface area contributed by atoms with Crippen LogP contribution in [-0.4, -0.2) is 34.9 Å². The molecular formula is C15H27N3O2. The summed E-state index contributed by atoms with van der Waals surface area (Å²) in [6, 6.07) is 0. The van der Waals surface area contributed by atoms with Gasteiger partial charge in [-0.3, -0.25) is 4.79 Å². The topological polar surface area (TPSA) is 78.9 Å². The van der Waals surface area contributed by atoms with E-state index in [0.29, 0.717) is 0 Å². The third kappa shape index (κ3) is 2.76. The summed E-state index contributed by atoms with van der Waals surface area (Å²) in [6.45, 7) is 3.86. The second-order valence-corrected chi connectivity index (χ2v) is 6.30. The van der Waals surface area contributed by atoms with Gasteiger partial charge in [-0.05, 0) is 31.6 Å². The van der Waals surface area contributed by atoms with Crippen molar-refractivity contribution in [2.75, 3.05) is 13.1 Å². The molecular weight excluding hydrogens is 254 g/mol. The van der Waals surface area contributed by atoms with Gasteiger partial charge in [0, 0.05) is 13.1 Å². The van der Waals surface area contributed by atoms with E-state index in [9.17, 15) is 4.79 Å². The number of hydrogen-bond donors (Lipinski definition) is 2. The molecule has 5 heteroatoms. The van der Waals surface area contributed by atoms with E-state index in [2.05, 4.69) is 12.1 Å². The number of nitrogens with two attached hydrogens (primary N) is 1. The van der Waals surface area contributed by atoms with Gasteiger partial charge < -0.3 is 15.8 Å². The van der Waals surface area contributed by atoms with E-state index in [0.717, 1.165) is 57.5 Å². The molecule has 1 heterocycles. The molecule has 0 spiro atoms. The number of hydrogen-bond acceptors (Lipinski definition) is 3.